The van der Waals surface area contributed by atoms with E-state index < -0.39 is 10.0 Å². The van der Waals surface area contributed by atoms with Gasteiger partial charge in [-0.3, -0.25) is 4.79 Å². The molecular formula is C35H44N4O3S. The van der Waals surface area contributed by atoms with Gasteiger partial charge in [0.1, 0.15) is 0 Å². The Bertz CT molecular complexity index is 1600. The van der Waals surface area contributed by atoms with E-state index in [9.17, 15) is 13.2 Å². The Hall–Kier alpha value is -3.26. The van der Waals surface area contributed by atoms with Crippen LogP contribution in [0, 0.1) is 25.2 Å². The highest BCUT2D eigenvalue weighted by Gasteiger charge is 2.49. The van der Waals surface area contributed by atoms with E-state index in [0.29, 0.717) is 29.0 Å². The minimum Gasteiger partial charge on any atom is -0.333 e. The van der Waals surface area contributed by atoms with Crippen LogP contribution in [0.4, 0.5) is 5.95 Å². The fraction of sp³-hybridized carbons (Fsp3) is 0.514. The second-order valence-corrected chi connectivity index (χ2v) is 15.3. The molecule has 0 unspecified atom stereocenters. The molecule has 7 nitrogen and oxygen atoms in total. The summed E-state index contributed by atoms with van der Waals surface area (Å²) in [6, 6.07) is 14.8. The summed E-state index contributed by atoms with van der Waals surface area (Å²) in [6.45, 7) is 8.52. The number of carbonyl (C=O) groups excluding carboxylic acids is 1. The van der Waals surface area contributed by atoms with Crippen molar-refractivity contribution in [2.75, 3.05) is 4.72 Å². The van der Waals surface area contributed by atoms with Crippen LogP contribution < -0.4 is 4.72 Å². The van der Waals surface area contributed by atoms with Crippen LogP contribution in [0.3, 0.4) is 0 Å². The van der Waals surface area contributed by atoms with Gasteiger partial charge in [-0.1, -0.05) is 57.4 Å². The zero-order valence-electron chi connectivity index (χ0n) is 25.9. The maximum atomic E-state index is 14.4. The molecule has 2 saturated carbocycles. The van der Waals surface area contributed by atoms with Gasteiger partial charge in [0.25, 0.3) is 15.9 Å². The Kier molecular flexibility index (Phi) is 8.09. The molecular weight excluding hydrogens is 556 g/mol. The van der Waals surface area contributed by atoms with Crippen molar-refractivity contribution < 1.29 is 13.2 Å². The fourth-order valence-electron chi connectivity index (χ4n) is 7.85. The third-order valence-electron chi connectivity index (χ3n) is 9.88. The summed E-state index contributed by atoms with van der Waals surface area (Å²) < 4.78 is 29.9. The highest BCUT2D eigenvalue weighted by atomic mass is 32.2. The first-order chi connectivity index (χ1) is 20.5. The van der Waals surface area contributed by atoms with Crippen LogP contribution in [-0.4, -0.2) is 41.3 Å². The molecule has 8 heteroatoms. The molecule has 3 aliphatic rings. The standard InChI is InChI=1S/C35H44N4O3S/c1-23(2)18-28-15-14-27-20-31(32-24(3)10-8-11-25(32)4)37-34(36-27)38-43(41,42)30-13-9-12-26(19-30)33(40)39(28)29-21-35(22-29)16-6-5-7-17-35/h8-13,19-20,23,28-29H,5-7,14-18,21-22H2,1-4H3,(H,36,37,38)/t28-/m0/s1. The molecule has 2 aromatic carbocycles. The number of amides is 1. The summed E-state index contributed by atoms with van der Waals surface area (Å²) in [5.41, 5.74) is 5.39. The van der Waals surface area contributed by atoms with E-state index in [-0.39, 0.29) is 28.8 Å². The number of benzene rings is 2. The van der Waals surface area contributed by atoms with Gasteiger partial charge in [-0.15, -0.1) is 0 Å². The highest BCUT2D eigenvalue weighted by molar-refractivity contribution is 7.92. The van der Waals surface area contributed by atoms with Crippen molar-refractivity contribution >= 4 is 21.9 Å². The largest absolute Gasteiger partial charge is 0.333 e. The van der Waals surface area contributed by atoms with Crippen LogP contribution in [0.15, 0.2) is 53.4 Å². The minimum atomic E-state index is -4.03. The molecule has 3 aromatic rings. The Morgan fingerprint density at radius 1 is 0.977 bits per heavy atom. The topological polar surface area (TPSA) is 92.3 Å². The minimum absolute atomic E-state index is 0.0227. The van der Waals surface area contributed by atoms with Crippen molar-refractivity contribution in [2.45, 2.75) is 109 Å². The molecule has 6 rings (SSSR count). The number of nitrogens with zero attached hydrogens (tertiary/aromatic N) is 3. The van der Waals surface area contributed by atoms with Gasteiger partial charge in [-0.2, -0.15) is 0 Å². The quantitative estimate of drug-likeness (QED) is 0.335. The number of carbonyl (C=O) groups is 1. The first-order valence-corrected chi connectivity index (χ1v) is 17.4. The van der Waals surface area contributed by atoms with Crippen LogP contribution in [0.5, 0.6) is 0 Å². The van der Waals surface area contributed by atoms with Crippen LogP contribution in [-0.2, 0) is 16.4 Å². The molecule has 1 aromatic heterocycles. The molecule has 1 spiro atoms. The Morgan fingerprint density at radius 2 is 1.67 bits per heavy atom. The molecule has 2 heterocycles. The van der Waals surface area contributed by atoms with Crippen LogP contribution in [0.2, 0.25) is 0 Å². The first kappa shape index (κ1) is 29.8. The fourth-order valence-corrected chi connectivity index (χ4v) is 8.84. The maximum Gasteiger partial charge on any atom is 0.264 e. The first-order valence-electron chi connectivity index (χ1n) is 15.9. The summed E-state index contributed by atoms with van der Waals surface area (Å²) in [4.78, 5) is 26.0. The highest BCUT2D eigenvalue weighted by Crippen LogP contribution is 2.54. The van der Waals surface area contributed by atoms with Gasteiger partial charge >= 0.3 is 0 Å². The molecule has 1 amide bonds. The Morgan fingerprint density at radius 3 is 2.37 bits per heavy atom. The molecule has 2 fully saturated rings. The Labute approximate surface area is 256 Å². The summed E-state index contributed by atoms with van der Waals surface area (Å²) in [6.07, 6.45) is 10.7. The summed E-state index contributed by atoms with van der Waals surface area (Å²) in [5.74, 6) is 0.396. The lowest BCUT2D eigenvalue weighted by Gasteiger charge is -2.55. The smallest absolute Gasteiger partial charge is 0.264 e. The molecule has 0 saturated heterocycles. The Balaban J connectivity index is 1.45. The zero-order valence-corrected chi connectivity index (χ0v) is 26.7. The number of anilines is 1. The normalized spacial score (nSPS) is 21.8. The SMILES string of the molecule is Cc1cccc(C)c1-c1cc2nc(n1)NS(=O)(=O)c1cccc(c1)C(=O)N(C1CC3(CCCCC3)C1)[C@H](CC(C)C)CC2. The summed E-state index contributed by atoms with van der Waals surface area (Å²) >= 11 is 0. The molecule has 43 heavy (non-hydrogen) atoms. The van der Waals surface area contributed by atoms with E-state index in [1.54, 1.807) is 12.1 Å². The van der Waals surface area contributed by atoms with Gasteiger partial charge in [0.15, 0.2) is 0 Å². The molecule has 1 atom stereocenters. The van der Waals surface area contributed by atoms with Gasteiger partial charge in [0.05, 0.1) is 10.6 Å². The number of nitrogens with one attached hydrogen (secondary N) is 1. The van der Waals surface area contributed by atoms with E-state index in [1.807, 2.05) is 38.1 Å². The lowest BCUT2D eigenvalue weighted by molar-refractivity contribution is -0.0349. The molecule has 2 aliphatic carbocycles. The number of hydrogen-bond acceptors (Lipinski definition) is 5. The summed E-state index contributed by atoms with van der Waals surface area (Å²) in [7, 11) is -4.03. The van der Waals surface area contributed by atoms with Crippen LogP contribution >= 0.6 is 0 Å². The average Bonchev–Trinajstić information content (AvgIpc) is 2.95. The van der Waals surface area contributed by atoms with Gasteiger partial charge in [-0.05, 0) is 106 Å². The predicted molar refractivity (Wildman–Crippen MR) is 170 cm³/mol. The van der Waals surface area contributed by atoms with Crippen molar-refractivity contribution in [1.29, 1.82) is 0 Å². The number of aryl methyl sites for hydroxylation is 3. The van der Waals surface area contributed by atoms with E-state index in [2.05, 4.69) is 23.5 Å². The molecule has 1 N–H and O–H groups in total. The van der Waals surface area contributed by atoms with Gasteiger partial charge in [0.2, 0.25) is 5.95 Å². The van der Waals surface area contributed by atoms with Crippen molar-refractivity contribution in [3.05, 3.63) is 70.9 Å². The van der Waals surface area contributed by atoms with Crippen molar-refractivity contribution in [3.63, 3.8) is 0 Å². The van der Waals surface area contributed by atoms with Crippen molar-refractivity contribution in [1.82, 2.24) is 14.9 Å². The van der Waals surface area contributed by atoms with E-state index in [4.69, 9.17) is 9.97 Å². The zero-order chi connectivity index (χ0) is 30.4. The van der Waals surface area contributed by atoms with E-state index in [1.165, 1.54) is 44.2 Å². The average molecular weight is 601 g/mol. The number of sulfonamides is 1. The van der Waals surface area contributed by atoms with Gasteiger partial charge < -0.3 is 4.90 Å². The van der Waals surface area contributed by atoms with Crippen LogP contribution in [0.25, 0.3) is 11.3 Å². The third kappa shape index (κ3) is 6.08. The lowest BCUT2D eigenvalue weighted by atomic mass is 9.57. The number of rotatable bonds is 4. The second-order valence-electron chi connectivity index (χ2n) is 13.6. The maximum absolute atomic E-state index is 14.4. The third-order valence-corrected chi connectivity index (χ3v) is 11.2. The molecule has 228 valence electrons. The predicted octanol–water partition coefficient (Wildman–Crippen LogP) is 7.48. The van der Waals surface area contributed by atoms with Gasteiger partial charge in [0, 0.05) is 28.9 Å². The molecule has 0 radical (unpaired) electrons. The van der Waals surface area contributed by atoms with E-state index >= 15 is 0 Å². The number of hydrogen-bond donors (Lipinski definition) is 1. The number of aromatic nitrogens is 2. The van der Waals surface area contributed by atoms with Crippen molar-refractivity contribution in [3.8, 4) is 11.3 Å². The van der Waals surface area contributed by atoms with E-state index in [0.717, 1.165) is 48.1 Å². The molecule has 1 aliphatic heterocycles. The second kappa shape index (κ2) is 11.7. The lowest BCUT2D eigenvalue weighted by Crippen LogP contribution is -2.57. The molecule has 4 bridgehead atoms. The van der Waals surface area contributed by atoms with Crippen LogP contribution in [0.1, 0.15) is 98.8 Å². The van der Waals surface area contributed by atoms with Crippen molar-refractivity contribution in [2.24, 2.45) is 11.3 Å². The number of fused-ring (bicyclic) bond motifs is 4. The van der Waals surface area contributed by atoms with Gasteiger partial charge in [-0.25, -0.2) is 23.1 Å². The monoisotopic (exact) mass is 600 g/mol. The summed E-state index contributed by atoms with van der Waals surface area (Å²) in [5, 5.41) is 0.